The molecule has 2 aliphatic rings. The third-order valence-corrected chi connectivity index (χ3v) is 7.97. The first kappa shape index (κ1) is 25.7. The molecule has 0 radical (unpaired) electrons. The molecule has 1 saturated carbocycles. The van der Waals surface area contributed by atoms with E-state index in [-0.39, 0.29) is 38.9 Å². The zero-order valence-electron chi connectivity index (χ0n) is 17.4. The van der Waals surface area contributed by atoms with Crippen LogP contribution in [0.15, 0.2) is 34.6 Å². The van der Waals surface area contributed by atoms with Crippen molar-refractivity contribution in [2.75, 3.05) is 0 Å². The van der Waals surface area contributed by atoms with Crippen molar-refractivity contribution in [2.24, 2.45) is 5.92 Å². The van der Waals surface area contributed by atoms with Gasteiger partial charge in [0.2, 0.25) is 0 Å². The number of benzene rings is 1. The lowest BCUT2D eigenvalue weighted by Crippen LogP contribution is -2.37. The second-order valence-electron chi connectivity index (χ2n) is 8.09. The Morgan fingerprint density at radius 3 is 2.20 bits per heavy atom. The number of thioether (sulfide) groups is 1. The van der Waals surface area contributed by atoms with Gasteiger partial charge in [0.15, 0.2) is 0 Å². The fraction of sp³-hybridized carbons (Fsp3) is 0.318. The number of hydrogen-bond donors (Lipinski definition) is 1. The topological polar surface area (TPSA) is 57.6 Å². The number of thiophene rings is 1. The number of nitrogens with zero attached hydrogens (tertiary/aromatic N) is 1. The molecule has 2 atom stereocenters. The van der Waals surface area contributed by atoms with Gasteiger partial charge in [0, 0.05) is 10.9 Å². The van der Waals surface area contributed by atoms with E-state index < -0.39 is 41.3 Å². The van der Waals surface area contributed by atoms with Gasteiger partial charge in [-0.15, -0.1) is 11.3 Å². The SMILES string of the molecule is O=C(O)[C@H]1CC[C@@H](N2C(=O)/C(=C/c3cc(-c4cc(C(F)(F)F)cc(C(F)(F)F)c4)cs3)SC2=S)C1. The van der Waals surface area contributed by atoms with Gasteiger partial charge >= 0.3 is 18.3 Å². The third kappa shape index (κ3) is 5.41. The van der Waals surface area contributed by atoms with Gasteiger partial charge in [-0.1, -0.05) is 24.0 Å². The van der Waals surface area contributed by atoms with Crippen molar-refractivity contribution in [3.63, 3.8) is 0 Å². The molecule has 0 spiro atoms. The van der Waals surface area contributed by atoms with Gasteiger partial charge in [-0.2, -0.15) is 26.3 Å². The Morgan fingerprint density at radius 1 is 1.03 bits per heavy atom. The summed E-state index contributed by atoms with van der Waals surface area (Å²) in [4.78, 5) is 26.2. The van der Waals surface area contributed by atoms with Crippen molar-refractivity contribution in [3.8, 4) is 11.1 Å². The van der Waals surface area contributed by atoms with E-state index in [9.17, 15) is 41.0 Å². The van der Waals surface area contributed by atoms with Crippen LogP contribution in [0, 0.1) is 5.92 Å². The first-order valence-electron chi connectivity index (χ1n) is 10.1. The van der Waals surface area contributed by atoms with Gasteiger partial charge in [-0.3, -0.25) is 14.5 Å². The van der Waals surface area contributed by atoms with Crippen molar-refractivity contribution in [3.05, 3.63) is 50.6 Å². The number of hydrogen-bond acceptors (Lipinski definition) is 5. The van der Waals surface area contributed by atoms with Crippen LogP contribution in [-0.4, -0.2) is 32.2 Å². The summed E-state index contributed by atoms with van der Waals surface area (Å²) in [5.74, 6) is -1.88. The molecule has 4 rings (SSSR count). The Morgan fingerprint density at radius 2 is 1.66 bits per heavy atom. The summed E-state index contributed by atoms with van der Waals surface area (Å²) in [6, 6.07) is 2.45. The van der Waals surface area contributed by atoms with E-state index in [1.165, 1.54) is 22.4 Å². The molecule has 1 aromatic heterocycles. The molecule has 13 heteroatoms. The van der Waals surface area contributed by atoms with Crippen molar-refractivity contribution in [1.29, 1.82) is 0 Å². The Bertz CT molecular complexity index is 1200. The van der Waals surface area contributed by atoms with Crippen molar-refractivity contribution in [2.45, 2.75) is 37.7 Å². The average molecular weight is 552 g/mol. The van der Waals surface area contributed by atoms with Crippen molar-refractivity contribution < 1.29 is 41.0 Å². The number of carboxylic acids is 1. The minimum absolute atomic E-state index is 0.0695. The molecule has 4 nitrogen and oxygen atoms in total. The van der Waals surface area contributed by atoms with E-state index in [0.717, 1.165) is 23.1 Å². The monoisotopic (exact) mass is 551 g/mol. The molecule has 35 heavy (non-hydrogen) atoms. The predicted octanol–water partition coefficient (Wildman–Crippen LogP) is 6.91. The Hall–Kier alpha value is -2.38. The number of carbonyl (C=O) groups is 2. The van der Waals surface area contributed by atoms with Crippen LogP contribution in [0.1, 0.15) is 35.3 Å². The van der Waals surface area contributed by atoms with Gasteiger partial charge in [0.25, 0.3) is 5.91 Å². The van der Waals surface area contributed by atoms with Crippen LogP contribution in [0.4, 0.5) is 26.3 Å². The Labute approximate surface area is 208 Å². The fourth-order valence-electron chi connectivity index (χ4n) is 4.04. The summed E-state index contributed by atoms with van der Waals surface area (Å²) in [5.41, 5.74) is -2.92. The van der Waals surface area contributed by atoms with E-state index in [1.54, 1.807) is 0 Å². The molecule has 1 amide bonds. The predicted molar refractivity (Wildman–Crippen MR) is 124 cm³/mol. The molecule has 1 saturated heterocycles. The molecule has 1 aliphatic carbocycles. The van der Waals surface area contributed by atoms with Gasteiger partial charge in [0.1, 0.15) is 4.32 Å². The zero-order valence-corrected chi connectivity index (χ0v) is 19.9. The van der Waals surface area contributed by atoms with Gasteiger partial charge in [-0.25, -0.2) is 0 Å². The first-order chi connectivity index (χ1) is 16.2. The summed E-state index contributed by atoms with van der Waals surface area (Å²) in [7, 11) is 0. The van der Waals surface area contributed by atoms with Crippen LogP contribution >= 0.6 is 35.3 Å². The molecule has 186 valence electrons. The van der Waals surface area contributed by atoms with E-state index in [1.807, 2.05) is 0 Å². The standard InChI is InChI=1S/C22H15F6NO3S3/c23-21(24,25)13-3-11(4-14(7-13)22(26,27)28)12-6-16(34-9-12)8-17-18(30)29(20(33)35-17)15-2-1-10(5-15)19(31)32/h3-4,6-10,15H,1-2,5H2,(H,31,32)/b17-8-/t10-,15+/m0/s1. The highest BCUT2D eigenvalue weighted by atomic mass is 32.2. The number of carboxylic acid groups (broad SMARTS) is 1. The molecule has 0 unspecified atom stereocenters. The lowest BCUT2D eigenvalue weighted by Gasteiger charge is -2.22. The van der Waals surface area contributed by atoms with Crippen molar-refractivity contribution in [1.82, 2.24) is 4.90 Å². The number of alkyl halides is 6. The maximum absolute atomic E-state index is 13.2. The first-order valence-corrected chi connectivity index (χ1v) is 12.2. The molecule has 1 aromatic carbocycles. The van der Waals surface area contributed by atoms with Gasteiger partial charge in [-0.05, 0) is 66.1 Å². The summed E-state index contributed by atoms with van der Waals surface area (Å²) in [5, 5.41) is 10.6. The second-order valence-corrected chi connectivity index (χ2v) is 10.7. The molecular weight excluding hydrogens is 536 g/mol. The smallest absolute Gasteiger partial charge is 0.416 e. The number of amides is 1. The molecule has 2 heterocycles. The summed E-state index contributed by atoms with van der Waals surface area (Å²) in [6.45, 7) is 0. The van der Waals surface area contributed by atoms with E-state index in [0.29, 0.717) is 29.9 Å². The van der Waals surface area contributed by atoms with Crippen LogP contribution in [0.3, 0.4) is 0 Å². The molecule has 2 aromatic rings. The van der Waals surface area contributed by atoms with Crippen LogP contribution in [0.25, 0.3) is 17.2 Å². The zero-order chi connectivity index (χ0) is 25.7. The van der Waals surface area contributed by atoms with Crippen molar-refractivity contribution >= 4 is 57.6 Å². The average Bonchev–Trinajstić information content (AvgIpc) is 3.47. The highest BCUT2D eigenvalue weighted by Gasteiger charge is 2.42. The Balaban J connectivity index is 1.60. The molecule has 2 fully saturated rings. The fourth-order valence-corrected chi connectivity index (χ4v) is 6.36. The van der Waals surface area contributed by atoms with Gasteiger partial charge < -0.3 is 5.11 Å². The maximum atomic E-state index is 13.2. The molecule has 0 bridgehead atoms. The largest absolute Gasteiger partial charge is 0.481 e. The van der Waals surface area contributed by atoms with Crippen LogP contribution < -0.4 is 0 Å². The van der Waals surface area contributed by atoms with E-state index >= 15 is 0 Å². The lowest BCUT2D eigenvalue weighted by atomic mass is 10.0. The molecule has 1 aliphatic heterocycles. The number of halogens is 6. The second kappa shape index (κ2) is 9.25. The van der Waals surface area contributed by atoms with Crippen LogP contribution in [-0.2, 0) is 21.9 Å². The molecular formula is C22H15F6NO3S3. The number of carbonyl (C=O) groups excluding carboxylic acids is 1. The number of thiocarbonyl (C=S) groups is 1. The minimum Gasteiger partial charge on any atom is -0.481 e. The number of rotatable bonds is 4. The Kier molecular flexibility index (Phi) is 6.79. The molecule has 1 N–H and O–H groups in total. The summed E-state index contributed by atoms with van der Waals surface area (Å²) in [6.07, 6.45) is -7.21. The van der Waals surface area contributed by atoms with E-state index in [2.05, 4.69) is 0 Å². The number of aliphatic carboxylic acids is 1. The highest BCUT2D eigenvalue weighted by molar-refractivity contribution is 8.26. The van der Waals surface area contributed by atoms with E-state index in [4.69, 9.17) is 12.2 Å². The normalized spacial score (nSPS) is 22.5. The lowest BCUT2D eigenvalue weighted by molar-refractivity contribution is -0.143. The third-order valence-electron chi connectivity index (χ3n) is 5.76. The maximum Gasteiger partial charge on any atom is 0.416 e. The quantitative estimate of drug-likeness (QED) is 0.254. The van der Waals surface area contributed by atoms with Gasteiger partial charge in [0.05, 0.1) is 21.9 Å². The van der Waals surface area contributed by atoms with Crippen LogP contribution in [0.2, 0.25) is 0 Å². The minimum atomic E-state index is -4.96. The van der Waals surface area contributed by atoms with Crippen LogP contribution in [0.5, 0.6) is 0 Å². The summed E-state index contributed by atoms with van der Waals surface area (Å²) < 4.78 is 79.3. The summed E-state index contributed by atoms with van der Waals surface area (Å²) >= 11 is 7.38. The highest BCUT2D eigenvalue weighted by Crippen LogP contribution is 2.42.